The highest BCUT2D eigenvalue weighted by Gasteiger charge is 2.59. The maximum atomic E-state index is 13.3. The summed E-state index contributed by atoms with van der Waals surface area (Å²) >= 11 is 0. The van der Waals surface area contributed by atoms with E-state index in [1.165, 1.54) is 4.90 Å². The fourth-order valence-corrected chi connectivity index (χ4v) is 6.64. The number of ether oxygens (including phenoxy) is 1. The quantitative estimate of drug-likeness (QED) is 0.128. The highest BCUT2D eigenvalue weighted by atomic mass is 16.5. The Morgan fingerprint density at radius 3 is 2.24 bits per heavy atom. The summed E-state index contributed by atoms with van der Waals surface area (Å²) in [7, 11) is 0. The minimum atomic E-state index is -0.619. The summed E-state index contributed by atoms with van der Waals surface area (Å²) in [5, 5.41) is 0.615. The van der Waals surface area contributed by atoms with Crippen LogP contribution in [0.25, 0.3) is 22.2 Å². The molecule has 1 saturated carbocycles. The number of hydrogen-bond donors (Lipinski definition) is 0. The first-order chi connectivity index (χ1) is 20.3. The van der Waals surface area contributed by atoms with Crippen LogP contribution in [0.1, 0.15) is 38.3 Å². The van der Waals surface area contributed by atoms with E-state index in [9.17, 15) is 19.2 Å². The Morgan fingerprint density at radius 1 is 0.857 bits per heavy atom. The summed E-state index contributed by atoms with van der Waals surface area (Å²) in [5.41, 5.74) is 5.25. The van der Waals surface area contributed by atoms with Crippen molar-refractivity contribution < 1.29 is 23.9 Å². The molecule has 1 aliphatic heterocycles. The van der Waals surface area contributed by atoms with E-state index in [1.807, 2.05) is 38.1 Å². The van der Waals surface area contributed by atoms with Gasteiger partial charge in [0.1, 0.15) is 0 Å². The number of rotatable bonds is 6. The van der Waals surface area contributed by atoms with Gasteiger partial charge in [0, 0.05) is 16.5 Å². The molecule has 0 spiro atoms. The van der Waals surface area contributed by atoms with Crippen molar-refractivity contribution >= 4 is 40.2 Å². The number of fused-ring (bicyclic) bond motifs is 6. The van der Waals surface area contributed by atoms with Crippen molar-refractivity contribution in [2.45, 2.75) is 20.3 Å². The van der Waals surface area contributed by atoms with Crippen molar-refractivity contribution in [1.29, 1.82) is 0 Å². The van der Waals surface area contributed by atoms with Crippen LogP contribution in [-0.2, 0) is 14.3 Å². The number of ketones is 1. The van der Waals surface area contributed by atoms with Crippen LogP contribution in [-0.4, -0.2) is 35.2 Å². The van der Waals surface area contributed by atoms with Crippen LogP contribution >= 0.6 is 0 Å². The van der Waals surface area contributed by atoms with Gasteiger partial charge in [0.15, 0.2) is 12.4 Å². The Balaban J connectivity index is 1.14. The van der Waals surface area contributed by atoms with Crippen molar-refractivity contribution in [3.8, 4) is 11.3 Å². The fraction of sp³-hybridized carbons (Fsp3) is 0.229. The van der Waals surface area contributed by atoms with Crippen LogP contribution in [0, 0.1) is 37.5 Å². The molecule has 2 bridgehead atoms. The molecule has 1 saturated heterocycles. The van der Waals surface area contributed by atoms with Gasteiger partial charge in [-0.2, -0.15) is 0 Å². The second-order valence-corrected chi connectivity index (χ2v) is 11.4. The summed E-state index contributed by atoms with van der Waals surface area (Å²) < 4.78 is 5.48. The Labute approximate surface area is 242 Å². The number of Topliss-reactive ketones (excluding diaryl/α,β-unsaturated/α-hetero) is 1. The zero-order chi connectivity index (χ0) is 29.1. The summed E-state index contributed by atoms with van der Waals surface area (Å²) in [4.78, 5) is 58.5. The number of aryl methyl sites for hydroxylation is 2. The lowest BCUT2D eigenvalue weighted by Crippen LogP contribution is -2.32. The molecule has 2 fully saturated rings. The fourth-order valence-electron chi connectivity index (χ4n) is 6.64. The minimum absolute atomic E-state index is 0.126. The molecule has 2 aliphatic carbocycles. The van der Waals surface area contributed by atoms with Gasteiger partial charge in [0.25, 0.3) is 0 Å². The van der Waals surface area contributed by atoms with E-state index >= 15 is 0 Å². The van der Waals surface area contributed by atoms with Crippen LogP contribution in [0.2, 0.25) is 0 Å². The number of pyridine rings is 1. The molecule has 208 valence electrons. The number of hydrogen-bond acceptors (Lipinski definition) is 6. The maximum Gasteiger partial charge on any atom is 0.339 e. The molecule has 3 aromatic carbocycles. The molecule has 1 aromatic heterocycles. The predicted octanol–water partition coefficient (Wildman–Crippen LogP) is 5.87. The summed E-state index contributed by atoms with van der Waals surface area (Å²) in [5.74, 6) is -1.37. The third kappa shape index (κ3) is 4.15. The molecule has 3 aliphatic rings. The molecular formula is C35H28N2O5. The van der Waals surface area contributed by atoms with Crippen molar-refractivity contribution in [2.75, 3.05) is 11.5 Å². The third-order valence-electron chi connectivity index (χ3n) is 8.99. The Hall–Kier alpha value is -4.91. The SMILES string of the molecule is Cc1ccc(C(=O)COC(=O)c2cc(-c3ccc(N4C(=O)C5C6C=CC(C6)C5C4=O)cc3)nc3ccccc23)cc1C. The van der Waals surface area contributed by atoms with Gasteiger partial charge >= 0.3 is 5.97 Å². The van der Waals surface area contributed by atoms with Gasteiger partial charge in [-0.05, 0) is 73.6 Å². The lowest BCUT2D eigenvalue weighted by molar-refractivity contribution is -0.123. The van der Waals surface area contributed by atoms with Gasteiger partial charge in [-0.25, -0.2) is 9.78 Å². The second kappa shape index (κ2) is 9.87. The maximum absolute atomic E-state index is 13.3. The summed E-state index contributed by atoms with van der Waals surface area (Å²) in [6.45, 7) is 3.53. The van der Waals surface area contributed by atoms with E-state index in [4.69, 9.17) is 9.72 Å². The summed E-state index contributed by atoms with van der Waals surface area (Å²) in [6.07, 6.45) is 5.05. The number of amides is 2. The Morgan fingerprint density at radius 2 is 1.55 bits per heavy atom. The average Bonchev–Trinajstić information content (AvgIpc) is 3.70. The number of allylic oxidation sites excluding steroid dienone is 2. The zero-order valence-electron chi connectivity index (χ0n) is 23.2. The Bertz CT molecular complexity index is 1810. The number of nitrogens with zero attached hydrogens (tertiary/aromatic N) is 2. The zero-order valence-corrected chi connectivity index (χ0v) is 23.2. The van der Waals surface area contributed by atoms with E-state index in [2.05, 4.69) is 12.2 Å². The van der Waals surface area contributed by atoms with Crippen molar-refractivity contribution in [3.05, 3.63) is 107 Å². The molecule has 42 heavy (non-hydrogen) atoms. The number of carbonyl (C=O) groups is 4. The molecular weight excluding hydrogens is 528 g/mol. The molecule has 2 heterocycles. The van der Waals surface area contributed by atoms with E-state index < -0.39 is 5.97 Å². The van der Waals surface area contributed by atoms with Gasteiger partial charge in [-0.1, -0.05) is 54.6 Å². The van der Waals surface area contributed by atoms with Gasteiger partial charge in [0.2, 0.25) is 11.8 Å². The van der Waals surface area contributed by atoms with E-state index in [1.54, 1.807) is 48.5 Å². The average molecular weight is 557 g/mol. The molecule has 7 rings (SSSR count). The molecule has 7 nitrogen and oxygen atoms in total. The largest absolute Gasteiger partial charge is 0.454 e. The minimum Gasteiger partial charge on any atom is -0.454 e. The molecule has 4 unspecified atom stereocenters. The molecule has 7 heteroatoms. The van der Waals surface area contributed by atoms with Crippen molar-refractivity contribution in [2.24, 2.45) is 23.7 Å². The van der Waals surface area contributed by atoms with Gasteiger partial charge < -0.3 is 4.74 Å². The summed E-state index contributed by atoms with van der Waals surface area (Å²) in [6, 6.07) is 21.4. The first-order valence-electron chi connectivity index (χ1n) is 14.1. The third-order valence-corrected chi connectivity index (χ3v) is 8.99. The first-order valence-corrected chi connectivity index (χ1v) is 14.1. The van der Waals surface area contributed by atoms with E-state index in [0.29, 0.717) is 39.0 Å². The van der Waals surface area contributed by atoms with Gasteiger partial charge in [0.05, 0.1) is 34.3 Å². The van der Waals surface area contributed by atoms with Crippen LogP contribution in [0.4, 0.5) is 5.69 Å². The molecule has 4 aromatic rings. The van der Waals surface area contributed by atoms with Gasteiger partial charge in [-0.3, -0.25) is 19.3 Å². The lowest BCUT2D eigenvalue weighted by atomic mass is 9.85. The first kappa shape index (κ1) is 26.0. The number of benzene rings is 3. The van der Waals surface area contributed by atoms with E-state index in [0.717, 1.165) is 17.5 Å². The number of aromatic nitrogens is 1. The number of para-hydroxylation sites is 1. The van der Waals surface area contributed by atoms with Crippen molar-refractivity contribution in [3.63, 3.8) is 0 Å². The van der Waals surface area contributed by atoms with Crippen molar-refractivity contribution in [1.82, 2.24) is 4.98 Å². The molecule has 0 N–H and O–H groups in total. The highest BCUT2D eigenvalue weighted by Crippen LogP contribution is 2.53. The monoisotopic (exact) mass is 556 g/mol. The lowest BCUT2D eigenvalue weighted by Gasteiger charge is -2.17. The van der Waals surface area contributed by atoms with Gasteiger partial charge in [-0.15, -0.1) is 0 Å². The normalized spacial score (nSPS) is 22.2. The smallest absolute Gasteiger partial charge is 0.339 e. The standard InChI is InChI=1S/C35H28N2O5/c1-19-7-8-22(15-20(19)2)30(38)18-42-35(41)27-17-29(36-28-6-4-3-5-26(27)28)21-11-13-25(14-12-21)37-33(39)31-23-9-10-24(16-23)32(31)34(37)40/h3-15,17,23-24,31-32H,16,18H2,1-2H3. The number of imide groups is 1. The molecule has 2 amide bonds. The van der Waals surface area contributed by atoms with Crippen LogP contribution in [0.15, 0.2) is 84.9 Å². The van der Waals surface area contributed by atoms with Crippen LogP contribution < -0.4 is 4.90 Å². The predicted molar refractivity (Wildman–Crippen MR) is 158 cm³/mol. The van der Waals surface area contributed by atoms with E-state index in [-0.39, 0.29) is 47.9 Å². The highest BCUT2D eigenvalue weighted by molar-refractivity contribution is 6.22. The molecule has 4 atom stereocenters. The number of anilines is 1. The Kier molecular flexibility index (Phi) is 6.12. The molecule has 0 radical (unpaired) electrons. The van der Waals surface area contributed by atoms with Crippen LogP contribution in [0.5, 0.6) is 0 Å². The second-order valence-electron chi connectivity index (χ2n) is 11.4. The topological polar surface area (TPSA) is 93.6 Å². The number of esters is 1. The number of carbonyl (C=O) groups excluding carboxylic acids is 4. The van der Waals surface area contributed by atoms with Crippen LogP contribution in [0.3, 0.4) is 0 Å².